The maximum absolute atomic E-state index is 13.1. The normalized spacial score (nSPS) is 12.2. The Morgan fingerprint density at radius 1 is 1.27 bits per heavy atom. The summed E-state index contributed by atoms with van der Waals surface area (Å²) in [6, 6.07) is 3.93. The van der Waals surface area contributed by atoms with Crippen molar-refractivity contribution in [3.05, 3.63) is 35.1 Å². The Morgan fingerprint density at radius 2 is 1.87 bits per heavy atom. The van der Waals surface area contributed by atoms with Crippen LogP contribution in [0.3, 0.4) is 0 Å². The largest absolute Gasteiger partial charge is 0.273 e. The van der Waals surface area contributed by atoms with E-state index in [9.17, 15) is 13.2 Å². The fourth-order valence-electron chi connectivity index (χ4n) is 1.51. The SMILES string of the molecule is CC(C)Cc1ccc(F)c(C(C)(F)F)c1. The van der Waals surface area contributed by atoms with Gasteiger partial charge in [0.2, 0.25) is 0 Å². The first-order valence-corrected chi connectivity index (χ1v) is 4.97. The molecule has 0 unspecified atom stereocenters. The highest BCUT2D eigenvalue weighted by molar-refractivity contribution is 5.28. The van der Waals surface area contributed by atoms with Crippen LogP contribution in [-0.4, -0.2) is 0 Å². The van der Waals surface area contributed by atoms with E-state index in [0.29, 0.717) is 19.3 Å². The predicted molar refractivity (Wildman–Crippen MR) is 54.5 cm³/mol. The molecule has 0 saturated heterocycles. The molecule has 0 aliphatic heterocycles. The Labute approximate surface area is 88.1 Å². The van der Waals surface area contributed by atoms with E-state index in [1.54, 1.807) is 6.07 Å². The van der Waals surface area contributed by atoms with Crippen LogP contribution in [0.5, 0.6) is 0 Å². The van der Waals surface area contributed by atoms with Gasteiger partial charge in [0, 0.05) is 6.92 Å². The van der Waals surface area contributed by atoms with Gasteiger partial charge in [0.1, 0.15) is 5.82 Å². The smallest absolute Gasteiger partial charge is 0.206 e. The van der Waals surface area contributed by atoms with Crippen molar-refractivity contribution in [2.24, 2.45) is 5.92 Å². The molecule has 0 saturated carbocycles. The molecule has 1 aromatic carbocycles. The zero-order valence-electron chi connectivity index (χ0n) is 9.15. The second-order valence-electron chi connectivity index (χ2n) is 4.30. The van der Waals surface area contributed by atoms with E-state index in [1.807, 2.05) is 13.8 Å². The topological polar surface area (TPSA) is 0 Å². The predicted octanol–water partition coefficient (Wildman–Crippen LogP) is 4.14. The van der Waals surface area contributed by atoms with E-state index < -0.39 is 17.3 Å². The Morgan fingerprint density at radius 3 is 2.33 bits per heavy atom. The molecule has 0 radical (unpaired) electrons. The second kappa shape index (κ2) is 4.25. The maximum atomic E-state index is 13.1. The van der Waals surface area contributed by atoms with Crippen molar-refractivity contribution < 1.29 is 13.2 Å². The molecular weight excluding hydrogens is 201 g/mol. The van der Waals surface area contributed by atoms with Crippen molar-refractivity contribution in [2.75, 3.05) is 0 Å². The van der Waals surface area contributed by atoms with Gasteiger partial charge in [0.05, 0.1) is 5.56 Å². The number of rotatable bonds is 3. The van der Waals surface area contributed by atoms with E-state index in [0.717, 1.165) is 11.6 Å². The molecule has 0 aromatic heterocycles. The average molecular weight is 216 g/mol. The van der Waals surface area contributed by atoms with E-state index in [4.69, 9.17) is 0 Å². The molecule has 84 valence electrons. The summed E-state index contributed by atoms with van der Waals surface area (Å²) in [6.45, 7) is 4.70. The van der Waals surface area contributed by atoms with Gasteiger partial charge in [0.15, 0.2) is 0 Å². The fourth-order valence-corrected chi connectivity index (χ4v) is 1.51. The third-order valence-corrected chi connectivity index (χ3v) is 2.15. The number of halogens is 3. The van der Waals surface area contributed by atoms with Crippen LogP contribution in [0.4, 0.5) is 13.2 Å². The van der Waals surface area contributed by atoms with Gasteiger partial charge in [-0.1, -0.05) is 19.9 Å². The summed E-state index contributed by atoms with van der Waals surface area (Å²) in [5, 5.41) is 0. The van der Waals surface area contributed by atoms with Crippen LogP contribution in [0.25, 0.3) is 0 Å². The maximum Gasteiger partial charge on any atom is 0.273 e. The first kappa shape index (κ1) is 12.1. The molecule has 0 aliphatic carbocycles. The van der Waals surface area contributed by atoms with Crippen molar-refractivity contribution >= 4 is 0 Å². The van der Waals surface area contributed by atoms with Crippen LogP contribution in [0.15, 0.2) is 18.2 Å². The minimum atomic E-state index is -3.11. The minimum absolute atomic E-state index is 0.369. The third kappa shape index (κ3) is 3.26. The molecule has 0 bridgehead atoms. The van der Waals surface area contributed by atoms with Gasteiger partial charge in [-0.3, -0.25) is 0 Å². The zero-order valence-corrected chi connectivity index (χ0v) is 9.15. The lowest BCUT2D eigenvalue weighted by molar-refractivity contribution is 0.0136. The molecule has 3 heteroatoms. The van der Waals surface area contributed by atoms with Crippen LogP contribution in [-0.2, 0) is 12.3 Å². The number of alkyl halides is 2. The van der Waals surface area contributed by atoms with Gasteiger partial charge < -0.3 is 0 Å². The summed E-state index contributed by atoms with van der Waals surface area (Å²) in [6.07, 6.45) is 0.684. The van der Waals surface area contributed by atoms with Crippen LogP contribution in [0, 0.1) is 11.7 Å². The Kier molecular flexibility index (Phi) is 3.42. The molecular formula is C12H15F3. The standard InChI is InChI=1S/C12H15F3/c1-8(2)6-9-4-5-11(13)10(7-9)12(3,14)15/h4-5,7-8H,6H2,1-3H3. The van der Waals surface area contributed by atoms with Crippen LogP contribution >= 0.6 is 0 Å². The lowest BCUT2D eigenvalue weighted by Gasteiger charge is -2.14. The number of benzene rings is 1. The van der Waals surface area contributed by atoms with Crippen molar-refractivity contribution in [3.8, 4) is 0 Å². The molecule has 1 aromatic rings. The molecule has 0 heterocycles. The zero-order chi connectivity index (χ0) is 11.6. The molecule has 0 nitrogen and oxygen atoms in total. The van der Waals surface area contributed by atoms with Crippen LogP contribution in [0.1, 0.15) is 31.9 Å². The molecule has 0 N–H and O–H groups in total. The molecule has 0 amide bonds. The first-order valence-electron chi connectivity index (χ1n) is 4.97. The summed E-state index contributed by atoms with van der Waals surface area (Å²) >= 11 is 0. The van der Waals surface area contributed by atoms with Gasteiger partial charge in [-0.05, 0) is 30.0 Å². The summed E-state index contributed by atoms with van der Waals surface area (Å²) < 4.78 is 39.1. The molecule has 0 fully saturated rings. The highest BCUT2D eigenvalue weighted by Crippen LogP contribution is 2.30. The first-order chi connectivity index (χ1) is 6.80. The van der Waals surface area contributed by atoms with Crippen molar-refractivity contribution in [1.82, 2.24) is 0 Å². The van der Waals surface area contributed by atoms with Crippen molar-refractivity contribution in [2.45, 2.75) is 33.1 Å². The van der Waals surface area contributed by atoms with Gasteiger partial charge in [-0.2, -0.15) is 0 Å². The number of hydrogen-bond acceptors (Lipinski definition) is 0. The molecule has 1 rings (SSSR count). The van der Waals surface area contributed by atoms with Crippen molar-refractivity contribution in [3.63, 3.8) is 0 Å². The highest BCUT2D eigenvalue weighted by atomic mass is 19.3. The van der Waals surface area contributed by atoms with Gasteiger partial charge in [-0.15, -0.1) is 0 Å². The summed E-state index contributed by atoms with van der Waals surface area (Å²) in [5.74, 6) is -3.58. The molecule has 15 heavy (non-hydrogen) atoms. The van der Waals surface area contributed by atoms with E-state index in [2.05, 4.69) is 0 Å². The molecule has 0 aliphatic rings. The highest BCUT2D eigenvalue weighted by Gasteiger charge is 2.28. The average Bonchev–Trinajstić information content (AvgIpc) is 2.05. The Bertz CT molecular complexity index is 337. The van der Waals surface area contributed by atoms with E-state index in [1.165, 1.54) is 6.07 Å². The lowest BCUT2D eigenvalue weighted by Crippen LogP contribution is -2.11. The Hall–Kier alpha value is -0.990. The molecule has 0 atom stereocenters. The van der Waals surface area contributed by atoms with Crippen molar-refractivity contribution in [1.29, 1.82) is 0 Å². The Balaban J connectivity index is 3.06. The van der Waals surface area contributed by atoms with Crippen LogP contribution in [0.2, 0.25) is 0 Å². The van der Waals surface area contributed by atoms with Gasteiger partial charge in [-0.25, -0.2) is 13.2 Å². The van der Waals surface area contributed by atoms with Gasteiger partial charge in [0.25, 0.3) is 5.92 Å². The fraction of sp³-hybridized carbons (Fsp3) is 0.500. The second-order valence-corrected chi connectivity index (χ2v) is 4.30. The minimum Gasteiger partial charge on any atom is -0.206 e. The summed E-state index contributed by atoms with van der Waals surface area (Å²) in [4.78, 5) is 0. The van der Waals surface area contributed by atoms with Gasteiger partial charge >= 0.3 is 0 Å². The molecule has 0 spiro atoms. The lowest BCUT2D eigenvalue weighted by atomic mass is 9.99. The van der Waals surface area contributed by atoms with E-state index in [-0.39, 0.29) is 0 Å². The summed E-state index contributed by atoms with van der Waals surface area (Å²) in [5.41, 5.74) is 0.239. The quantitative estimate of drug-likeness (QED) is 0.712. The number of hydrogen-bond donors (Lipinski definition) is 0. The van der Waals surface area contributed by atoms with E-state index >= 15 is 0 Å². The summed E-state index contributed by atoms with van der Waals surface area (Å²) in [7, 11) is 0. The van der Waals surface area contributed by atoms with Crippen LogP contribution < -0.4 is 0 Å². The monoisotopic (exact) mass is 216 g/mol. The third-order valence-electron chi connectivity index (χ3n) is 2.15.